The second kappa shape index (κ2) is 5.50. The first-order valence-electron chi connectivity index (χ1n) is 4.09. The highest BCUT2D eigenvalue weighted by molar-refractivity contribution is 7.79. The Morgan fingerprint density at radius 2 is 1.42 bits per heavy atom. The average Bonchev–Trinajstić information content (AvgIpc) is 1.85. The Morgan fingerprint density at radius 3 is 1.58 bits per heavy atom. The van der Waals surface area contributed by atoms with Crippen molar-refractivity contribution in [1.82, 2.24) is 0 Å². The Balaban J connectivity index is 0.000000217. The Morgan fingerprint density at radius 1 is 1.08 bits per heavy atom. The van der Waals surface area contributed by atoms with Gasteiger partial charge in [0.05, 0.1) is 0 Å². The second-order valence-corrected chi connectivity index (χ2v) is 4.09. The predicted octanol–water partition coefficient (Wildman–Crippen LogP) is 1.93. The molecule has 0 spiro atoms. The van der Waals surface area contributed by atoms with E-state index in [1.165, 1.54) is 32.1 Å². The standard InChI is InChI=1S/C7H14.H2O4S/c1-7-5-3-2-4-6-7;1-5(2,3)4/h7H,2-6H2,1H3;(H2,1,2,3,4). The third kappa shape index (κ3) is 12.5. The van der Waals surface area contributed by atoms with Crippen LogP contribution < -0.4 is 0 Å². The van der Waals surface area contributed by atoms with Crippen molar-refractivity contribution in [3.63, 3.8) is 0 Å². The van der Waals surface area contributed by atoms with Crippen molar-refractivity contribution in [2.24, 2.45) is 5.92 Å². The van der Waals surface area contributed by atoms with Crippen LogP contribution in [0, 0.1) is 5.92 Å². The molecule has 0 bridgehead atoms. The summed E-state index contributed by atoms with van der Waals surface area (Å²) in [5.74, 6) is 1.04. The summed E-state index contributed by atoms with van der Waals surface area (Å²) in [5.41, 5.74) is 0. The largest absolute Gasteiger partial charge is 0.394 e. The lowest BCUT2D eigenvalue weighted by Gasteiger charge is -2.15. The summed E-state index contributed by atoms with van der Waals surface area (Å²) in [4.78, 5) is 0. The van der Waals surface area contributed by atoms with Gasteiger partial charge in [0.25, 0.3) is 0 Å². The summed E-state index contributed by atoms with van der Waals surface area (Å²) in [5, 5.41) is 0. The van der Waals surface area contributed by atoms with Gasteiger partial charge in [-0.25, -0.2) is 0 Å². The highest BCUT2D eigenvalue weighted by Crippen LogP contribution is 2.21. The van der Waals surface area contributed by atoms with E-state index in [-0.39, 0.29) is 0 Å². The molecule has 0 aromatic rings. The minimum atomic E-state index is -4.67. The third-order valence-corrected chi connectivity index (χ3v) is 1.89. The molecule has 0 unspecified atom stereocenters. The van der Waals surface area contributed by atoms with Gasteiger partial charge in [0.2, 0.25) is 0 Å². The van der Waals surface area contributed by atoms with Gasteiger partial charge >= 0.3 is 10.4 Å². The maximum absolute atomic E-state index is 8.74. The molecule has 1 fully saturated rings. The number of hydrogen-bond donors (Lipinski definition) is 2. The Hall–Kier alpha value is -0.130. The molecule has 1 saturated carbocycles. The van der Waals surface area contributed by atoms with Gasteiger partial charge in [-0.05, 0) is 5.92 Å². The summed E-state index contributed by atoms with van der Waals surface area (Å²) < 4.78 is 31.6. The first-order valence-corrected chi connectivity index (χ1v) is 5.49. The fourth-order valence-corrected chi connectivity index (χ4v) is 1.31. The molecule has 5 heteroatoms. The van der Waals surface area contributed by atoms with Crippen LogP contribution in [0.2, 0.25) is 0 Å². The summed E-state index contributed by atoms with van der Waals surface area (Å²) >= 11 is 0. The van der Waals surface area contributed by atoms with Gasteiger partial charge in [0.15, 0.2) is 0 Å². The van der Waals surface area contributed by atoms with Gasteiger partial charge in [-0.15, -0.1) is 0 Å². The number of hydrogen-bond acceptors (Lipinski definition) is 2. The van der Waals surface area contributed by atoms with Crippen molar-refractivity contribution in [2.45, 2.75) is 39.0 Å². The normalized spacial score (nSPS) is 19.6. The zero-order chi connectivity index (χ0) is 9.61. The quantitative estimate of drug-likeness (QED) is 0.580. The van der Waals surface area contributed by atoms with E-state index in [1.807, 2.05) is 0 Å². The van der Waals surface area contributed by atoms with Crippen molar-refractivity contribution in [3.05, 3.63) is 0 Å². The highest BCUT2D eigenvalue weighted by Gasteiger charge is 2.05. The minimum absolute atomic E-state index is 1.04. The van der Waals surface area contributed by atoms with Crippen LogP contribution in [0.1, 0.15) is 39.0 Å². The maximum atomic E-state index is 8.74. The van der Waals surface area contributed by atoms with E-state index in [0.29, 0.717) is 0 Å². The maximum Gasteiger partial charge on any atom is 0.394 e. The zero-order valence-corrected chi connectivity index (χ0v) is 8.05. The third-order valence-electron chi connectivity index (χ3n) is 1.89. The molecule has 0 aromatic heterocycles. The molecular formula is C7H16O4S. The molecule has 12 heavy (non-hydrogen) atoms. The van der Waals surface area contributed by atoms with Crippen LogP contribution in [0.25, 0.3) is 0 Å². The molecule has 2 N–H and O–H groups in total. The Kier molecular flexibility index (Phi) is 5.44. The van der Waals surface area contributed by atoms with Crippen molar-refractivity contribution in [3.8, 4) is 0 Å². The van der Waals surface area contributed by atoms with Crippen LogP contribution >= 0.6 is 0 Å². The highest BCUT2D eigenvalue weighted by atomic mass is 32.3. The SMILES string of the molecule is CC1CCCCC1.O=S(=O)(O)O. The molecule has 0 aliphatic heterocycles. The van der Waals surface area contributed by atoms with E-state index in [2.05, 4.69) is 6.92 Å². The van der Waals surface area contributed by atoms with Crippen LogP contribution in [0.15, 0.2) is 0 Å². The van der Waals surface area contributed by atoms with E-state index < -0.39 is 10.4 Å². The van der Waals surface area contributed by atoms with Crippen molar-refractivity contribution in [1.29, 1.82) is 0 Å². The van der Waals surface area contributed by atoms with Gasteiger partial charge in [-0.3, -0.25) is 9.11 Å². The van der Waals surface area contributed by atoms with E-state index in [9.17, 15) is 0 Å². The van der Waals surface area contributed by atoms with E-state index in [4.69, 9.17) is 17.5 Å². The minimum Gasteiger partial charge on any atom is -0.264 e. The fourth-order valence-electron chi connectivity index (χ4n) is 1.31. The van der Waals surface area contributed by atoms with E-state index in [1.54, 1.807) is 0 Å². The van der Waals surface area contributed by atoms with Gasteiger partial charge in [0, 0.05) is 0 Å². The second-order valence-electron chi connectivity index (χ2n) is 3.19. The van der Waals surface area contributed by atoms with Crippen LogP contribution in [0.5, 0.6) is 0 Å². The van der Waals surface area contributed by atoms with Crippen molar-refractivity contribution >= 4 is 10.4 Å². The fraction of sp³-hybridized carbons (Fsp3) is 1.00. The lowest BCUT2D eigenvalue weighted by atomic mass is 9.91. The summed E-state index contributed by atoms with van der Waals surface area (Å²) in [6, 6.07) is 0. The molecule has 0 radical (unpaired) electrons. The Labute approximate surface area is 73.6 Å². The first-order chi connectivity index (χ1) is 5.39. The molecule has 0 heterocycles. The molecule has 1 rings (SSSR count). The zero-order valence-electron chi connectivity index (χ0n) is 7.23. The molecule has 1 aliphatic carbocycles. The van der Waals surface area contributed by atoms with Crippen molar-refractivity contribution < 1.29 is 17.5 Å². The molecule has 0 saturated heterocycles. The van der Waals surface area contributed by atoms with Crippen molar-refractivity contribution in [2.75, 3.05) is 0 Å². The molecule has 1 aliphatic rings. The van der Waals surface area contributed by atoms with E-state index >= 15 is 0 Å². The molecule has 0 atom stereocenters. The van der Waals surface area contributed by atoms with Crippen LogP contribution in [0.4, 0.5) is 0 Å². The van der Waals surface area contributed by atoms with Crippen LogP contribution in [0.3, 0.4) is 0 Å². The molecular weight excluding hydrogens is 180 g/mol. The summed E-state index contributed by atoms with van der Waals surface area (Å²) in [7, 11) is -4.67. The Bertz CT molecular complexity index is 183. The van der Waals surface area contributed by atoms with E-state index in [0.717, 1.165) is 5.92 Å². The van der Waals surface area contributed by atoms with Crippen LogP contribution in [-0.2, 0) is 10.4 Å². The summed E-state index contributed by atoms with van der Waals surface area (Å²) in [6.07, 6.45) is 7.44. The lowest BCUT2D eigenvalue weighted by molar-refractivity contribution is 0.381. The average molecular weight is 196 g/mol. The summed E-state index contributed by atoms with van der Waals surface area (Å²) in [6.45, 7) is 2.36. The van der Waals surface area contributed by atoms with Gasteiger partial charge in [-0.1, -0.05) is 39.0 Å². The molecule has 74 valence electrons. The monoisotopic (exact) mass is 196 g/mol. The molecule has 0 amide bonds. The lowest BCUT2D eigenvalue weighted by Crippen LogP contribution is -1.99. The van der Waals surface area contributed by atoms with Gasteiger partial charge < -0.3 is 0 Å². The predicted molar refractivity (Wildman–Crippen MR) is 46.4 cm³/mol. The topological polar surface area (TPSA) is 74.6 Å². The molecule has 0 aromatic carbocycles. The molecule has 4 nitrogen and oxygen atoms in total. The van der Waals surface area contributed by atoms with Gasteiger partial charge in [-0.2, -0.15) is 8.42 Å². The van der Waals surface area contributed by atoms with Gasteiger partial charge in [0.1, 0.15) is 0 Å². The first kappa shape index (κ1) is 11.9. The smallest absolute Gasteiger partial charge is 0.264 e. The van der Waals surface area contributed by atoms with Crippen LogP contribution in [-0.4, -0.2) is 17.5 Å². The number of rotatable bonds is 0.